The first-order chi connectivity index (χ1) is 11.2. The summed E-state index contributed by atoms with van der Waals surface area (Å²) in [5.41, 5.74) is 1.48. The fourth-order valence-electron chi connectivity index (χ4n) is 3.63. The highest BCUT2D eigenvalue weighted by atomic mass is 35.5. The third-order valence-electron chi connectivity index (χ3n) is 5.29. The Morgan fingerprint density at radius 2 is 2.16 bits per heavy atom. The monoisotopic (exact) mass is 407 g/mol. The van der Waals surface area contributed by atoms with Gasteiger partial charge in [0.15, 0.2) is 0 Å². The number of halogens is 2. The molecule has 0 saturated carbocycles. The van der Waals surface area contributed by atoms with Crippen LogP contribution < -0.4 is 10.6 Å². The van der Waals surface area contributed by atoms with Crippen LogP contribution >= 0.6 is 36.2 Å². The molecule has 1 aromatic heterocycles. The van der Waals surface area contributed by atoms with Gasteiger partial charge in [-0.1, -0.05) is 0 Å². The second-order valence-electron chi connectivity index (χ2n) is 6.97. The van der Waals surface area contributed by atoms with Crippen molar-refractivity contribution in [3.05, 3.63) is 21.9 Å². The van der Waals surface area contributed by atoms with Crippen molar-refractivity contribution < 1.29 is 4.79 Å². The van der Waals surface area contributed by atoms with E-state index in [1.807, 2.05) is 11.3 Å². The van der Waals surface area contributed by atoms with Gasteiger partial charge in [0.2, 0.25) is 5.91 Å². The number of nitrogens with zero attached hydrogens (tertiary/aromatic N) is 1. The molecule has 1 fully saturated rings. The summed E-state index contributed by atoms with van der Waals surface area (Å²) in [6.45, 7) is 7.37. The van der Waals surface area contributed by atoms with Crippen LogP contribution in [0.1, 0.15) is 43.0 Å². The third-order valence-corrected chi connectivity index (χ3v) is 6.32. The Balaban J connectivity index is 0.00000156. The molecule has 1 amide bonds. The van der Waals surface area contributed by atoms with E-state index in [2.05, 4.69) is 33.9 Å². The molecule has 2 N–H and O–H groups in total. The van der Waals surface area contributed by atoms with E-state index in [9.17, 15) is 4.79 Å². The van der Waals surface area contributed by atoms with E-state index in [-0.39, 0.29) is 30.7 Å². The molecule has 0 aliphatic carbocycles. The summed E-state index contributed by atoms with van der Waals surface area (Å²) in [7, 11) is 0. The Hall–Kier alpha value is -0.330. The third kappa shape index (κ3) is 6.72. The summed E-state index contributed by atoms with van der Waals surface area (Å²) in [4.78, 5) is 16.1. The lowest BCUT2D eigenvalue weighted by Gasteiger charge is -2.32. The van der Waals surface area contributed by atoms with Crippen LogP contribution in [0.25, 0.3) is 0 Å². The molecule has 1 saturated heterocycles. The Kier molecular flexibility index (Phi) is 10.4. The molecular formula is C18H31Cl2N3OS. The maximum Gasteiger partial charge on any atom is 0.220 e. The molecule has 1 atom stereocenters. The average Bonchev–Trinajstić information content (AvgIpc) is 3.06. The van der Waals surface area contributed by atoms with Gasteiger partial charge in [0, 0.05) is 37.0 Å². The zero-order valence-corrected chi connectivity index (χ0v) is 17.4. The minimum atomic E-state index is 0. The van der Waals surface area contributed by atoms with E-state index in [0.29, 0.717) is 12.5 Å². The molecule has 2 aliphatic rings. The fraction of sp³-hybridized carbons (Fsp3) is 0.722. The van der Waals surface area contributed by atoms with Crippen LogP contribution in [0, 0.1) is 5.92 Å². The SMILES string of the molecule is CC(CNC(=O)CCC1CCNCC1)N1CCc2sccc2C1.Cl.Cl. The zero-order valence-electron chi connectivity index (χ0n) is 15.0. The van der Waals surface area contributed by atoms with Crippen LogP contribution in [0.2, 0.25) is 0 Å². The Morgan fingerprint density at radius 1 is 1.40 bits per heavy atom. The van der Waals surface area contributed by atoms with Gasteiger partial charge in [-0.15, -0.1) is 36.2 Å². The van der Waals surface area contributed by atoms with Crippen molar-refractivity contribution in [3.63, 3.8) is 0 Å². The molecule has 7 heteroatoms. The summed E-state index contributed by atoms with van der Waals surface area (Å²) in [6, 6.07) is 2.65. The number of hydrogen-bond donors (Lipinski definition) is 2. The molecule has 1 aromatic rings. The molecule has 0 radical (unpaired) electrons. The van der Waals surface area contributed by atoms with Crippen LogP contribution in [0.3, 0.4) is 0 Å². The van der Waals surface area contributed by atoms with Gasteiger partial charge >= 0.3 is 0 Å². The number of rotatable bonds is 6. The molecular weight excluding hydrogens is 377 g/mol. The van der Waals surface area contributed by atoms with Crippen LogP contribution in [0.4, 0.5) is 0 Å². The van der Waals surface area contributed by atoms with Crippen molar-refractivity contribution in [2.24, 2.45) is 5.92 Å². The maximum atomic E-state index is 12.1. The molecule has 4 nitrogen and oxygen atoms in total. The van der Waals surface area contributed by atoms with Gasteiger partial charge in [-0.3, -0.25) is 9.69 Å². The predicted molar refractivity (Wildman–Crippen MR) is 110 cm³/mol. The van der Waals surface area contributed by atoms with Gasteiger partial charge < -0.3 is 10.6 Å². The molecule has 3 heterocycles. The van der Waals surface area contributed by atoms with E-state index in [4.69, 9.17) is 0 Å². The van der Waals surface area contributed by atoms with Gasteiger partial charge in [0.1, 0.15) is 0 Å². The van der Waals surface area contributed by atoms with Gasteiger partial charge in [0.25, 0.3) is 0 Å². The van der Waals surface area contributed by atoms with Crippen molar-refractivity contribution in [3.8, 4) is 0 Å². The predicted octanol–water partition coefficient (Wildman–Crippen LogP) is 3.23. The molecule has 0 aromatic carbocycles. The highest BCUT2D eigenvalue weighted by Crippen LogP contribution is 2.25. The van der Waals surface area contributed by atoms with Crippen LogP contribution in [-0.4, -0.2) is 43.0 Å². The quantitative estimate of drug-likeness (QED) is 0.760. The largest absolute Gasteiger partial charge is 0.355 e. The van der Waals surface area contributed by atoms with Crippen LogP contribution in [-0.2, 0) is 17.8 Å². The first-order valence-electron chi connectivity index (χ1n) is 8.99. The second kappa shape index (κ2) is 11.4. The van der Waals surface area contributed by atoms with Gasteiger partial charge in [-0.05, 0) is 68.6 Å². The van der Waals surface area contributed by atoms with E-state index in [1.165, 1.54) is 18.4 Å². The molecule has 25 heavy (non-hydrogen) atoms. The molecule has 0 spiro atoms. The van der Waals surface area contributed by atoms with Crippen molar-refractivity contribution in [2.45, 2.75) is 51.6 Å². The van der Waals surface area contributed by atoms with Crippen LogP contribution in [0.15, 0.2) is 11.4 Å². The Morgan fingerprint density at radius 3 is 2.92 bits per heavy atom. The fourth-order valence-corrected chi connectivity index (χ4v) is 4.52. The lowest BCUT2D eigenvalue weighted by atomic mass is 9.93. The zero-order chi connectivity index (χ0) is 16.1. The number of amides is 1. The number of carbonyl (C=O) groups excluding carboxylic acids is 1. The molecule has 2 aliphatic heterocycles. The Labute approximate surface area is 167 Å². The van der Waals surface area contributed by atoms with Gasteiger partial charge in [0.05, 0.1) is 0 Å². The lowest BCUT2D eigenvalue weighted by molar-refractivity contribution is -0.121. The van der Waals surface area contributed by atoms with Gasteiger partial charge in [-0.25, -0.2) is 0 Å². The Bertz CT molecular complexity index is 520. The van der Waals surface area contributed by atoms with E-state index >= 15 is 0 Å². The standard InChI is InChI=1S/C18H29N3OS.2ClH/c1-14(21-10-6-17-16(13-21)7-11-23-17)12-20-18(22)3-2-15-4-8-19-9-5-15;;/h7,11,14-15,19H,2-6,8-10,12-13H2,1H3,(H,20,22);2*1H. The summed E-state index contributed by atoms with van der Waals surface area (Å²) in [5.74, 6) is 0.960. The number of piperidine rings is 1. The van der Waals surface area contributed by atoms with E-state index in [0.717, 1.165) is 51.5 Å². The summed E-state index contributed by atoms with van der Waals surface area (Å²) in [6.07, 6.45) is 5.33. The van der Waals surface area contributed by atoms with Crippen molar-refractivity contribution in [1.29, 1.82) is 0 Å². The molecule has 3 rings (SSSR count). The maximum absolute atomic E-state index is 12.1. The number of fused-ring (bicyclic) bond motifs is 1. The minimum absolute atomic E-state index is 0. The highest BCUT2D eigenvalue weighted by Gasteiger charge is 2.22. The number of thiophene rings is 1. The molecule has 144 valence electrons. The lowest BCUT2D eigenvalue weighted by Crippen LogP contribution is -2.44. The normalized spacial score (nSPS) is 19.2. The number of hydrogen-bond acceptors (Lipinski definition) is 4. The first-order valence-corrected chi connectivity index (χ1v) is 9.87. The second-order valence-corrected chi connectivity index (χ2v) is 7.98. The smallest absolute Gasteiger partial charge is 0.220 e. The average molecular weight is 408 g/mol. The summed E-state index contributed by atoms with van der Waals surface area (Å²) < 4.78 is 0. The minimum Gasteiger partial charge on any atom is -0.355 e. The number of nitrogens with one attached hydrogen (secondary N) is 2. The van der Waals surface area contributed by atoms with Gasteiger partial charge in [-0.2, -0.15) is 0 Å². The highest BCUT2D eigenvalue weighted by molar-refractivity contribution is 7.10. The number of carbonyl (C=O) groups is 1. The van der Waals surface area contributed by atoms with Crippen molar-refractivity contribution in [1.82, 2.24) is 15.5 Å². The van der Waals surface area contributed by atoms with Crippen LogP contribution in [0.5, 0.6) is 0 Å². The molecule has 0 bridgehead atoms. The summed E-state index contributed by atoms with van der Waals surface area (Å²) >= 11 is 1.88. The topological polar surface area (TPSA) is 44.4 Å². The van der Waals surface area contributed by atoms with Crippen molar-refractivity contribution >= 4 is 42.1 Å². The first kappa shape index (κ1) is 22.7. The van der Waals surface area contributed by atoms with E-state index in [1.54, 1.807) is 4.88 Å². The molecule has 1 unspecified atom stereocenters. The summed E-state index contributed by atoms with van der Waals surface area (Å²) in [5, 5.41) is 8.72. The van der Waals surface area contributed by atoms with Crippen molar-refractivity contribution in [2.75, 3.05) is 26.2 Å². The van der Waals surface area contributed by atoms with E-state index < -0.39 is 0 Å².